The maximum Gasteiger partial charge on any atom is 0.256 e. The highest BCUT2D eigenvalue weighted by Gasteiger charge is 2.28. The lowest BCUT2D eigenvalue weighted by molar-refractivity contribution is 0.0765. The molecule has 4 rings (SSSR count). The van der Waals surface area contributed by atoms with Gasteiger partial charge in [-0.1, -0.05) is 12.1 Å². The highest BCUT2D eigenvalue weighted by Crippen LogP contribution is 2.26. The van der Waals surface area contributed by atoms with E-state index < -0.39 is 11.8 Å². The summed E-state index contributed by atoms with van der Waals surface area (Å²) < 4.78 is 27.7. The molecule has 0 atom stereocenters. The van der Waals surface area contributed by atoms with Gasteiger partial charge in [-0.15, -0.1) is 0 Å². The van der Waals surface area contributed by atoms with Gasteiger partial charge in [0.25, 0.3) is 5.91 Å². The van der Waals surface area contributed by atoms with Crippen LogP contribution in [0, 0.1) is 11.8 Å². The average molecular weight is 337 g/mol. The molecule has 124 valence electrons. The van der Waals surface area contributed by atoms with Crippen molar-refractivity contribution in [2.24, 2.45) is 0 Å². The van der Waals surface area contributed by atoms with Crippen LogP contribution >= 0.6 is 0 Å². The fourth-order valence-corrected chi connectivity index (χ4v) is 2.95. The standard InChI is InChI=1S/C19H13F2N3O/c20-16-8-12(13-5-7-23-18(21)9-13)3-4-14(16)10-24-11-17-15(19(24)25)2-1-6-22-17/h1-9H,10-11H2. The number of hydrogen-bond acceptors (Lipinski definition) is 3. The predicted molar refractivity (Wildman–Crippen MR) is 87.4 cm³/mol. The second-order valence-electron chi connectivity index (χ2n) is 5.83. The molecule has 0 saturated carbocycles. The molecule has 0 aliphatic carbocycles. The number of rotatable bonds is 3. The van der Waals surface area contributed by atoms with Gasteiger partial charge in [-0.25, -0.2) is 9.37 Å². The zero-order valence-corrected chi connectivity index (χ0v) is 13.1. The van der Waals surface area contributed by atoms with Crippen LogP contribution < -0.4 is 0 Å². The summed E-state index contributed by atoms with van der Waals surface area (Å²) in [5.41, 5.74) is 2.77. The van der Waals surface area contributed by atoms with Crippen molar-refractivity contribution in [3.63, 3.8) is 0 Å². The van der Waals surface area contributed by atoms with Gasteiger partial charge in [-0.05, 0) is 35.4 Å². The monoisotopic (exact) mass is 337 g/mol. The van der Waals surface area contributed by atoms with Crippen LogP contribution in [0.1, 0.15) is 21.6 Å². The Morgan fingerprint density at radius 3 is 2.60 bits per heavy atom. The summed E-state index contributed by atoms with van der Waals surface area (Å²) in [6.45, 7) is 0.526. The molecule has 6 heteroatoms. The van der Waals surface area contributed by atoms with E-state index in [1.54, 1.807) is 41.4 Å². The van der Waals surface area contributed by atoms with Crippen LogP contribution in [0.2, 0.25) is 0 Å². The van der Waals surface area contributed by atoms with Crippen molar-refractivity contribution >= 4 is 5.91 Å². The molecular weight excluding hydrogens is 324 g/mol. The molecule has 2 aromatic heterocycles. The summed E-state index contributed by atoms with van der Waals surface area (Å²) >= 11 is 0. The van der Waals surface area contributed by atoms with Crippen LogP contribution in [0.5, 0.6) is 0 Å². The summed E-state index contributed by atoms with van der Waals surface area (Å²) in [7, 11) is 0. The summed E-state index contributed by atoms with van der Waals surface area (Å²) in [5, 5.41) is 0. The van der Waals surface area contributed by atoms with Crippen molar-refractivity contribution < 1.29 is 13.6 Å². The van der Waals surface area contributed by atoms with E-state index in [1.807, 2.05) is 0 Å². The number of aromatic nitrogens is 2. The Balaban J connectivity index is 1.58. The number of amides is 1. The molecule has 25 heavy (non-hydrogen) atoms. The Hall–Kier alpha value is -3.15. The second kappa shape index (κ2) is 6.05. The Kier molecular flexibility index (Phi) is 3.72. The molecule has 1 aliphatic heterocycles. The maximum absolute atomic E-state index is 14.5. The fourth-order valence-electron chi connectivity index (χ4n) is 2.95. The third kappa shape index (κ3) is 2.87. The largest absolute Gasteiger partial charge is 0.328 e. The molecule has 0 unspecified atom stereocenters. The molecule has 0 saturated heterocycles. The number of hydrogen-bond donors (Lipinski definition) is 0. The Labute approximate surface area is 142 Å². The van der Waals surface area contributed by atoms with Crippen molar-refractivity contribution in [2.75, 3.05) is 0 Å². The van der Waals surface area contributed by atoms with Gasteiger partial charge < -0.3 is 4.90 Å². The van der Waals surface area contributed by atoms with E-state index in [1.165, 1.54) is 18.3 Å². The number of pyridine rings is 2. The van der Waals surface area contributed by atoms with Crippen molar-refractivity contribution in [3.05, 3.63) is 83.4 Å². The summed E-state index contributed by atoms with van der Waals surface area (Å²) in [5.74, 6) is -1.20. The lowest BCUT2D eigenvalue weighted by atomic mass is 10.0. The molecule has 1 aromatic carbocycles. The third-order valence-electron chi connectivity index (χ3n) is 4.22. The zero-order chi connectivity index (χ0) is 17.4. The summed E-state index contributed by atoms with van der Waals surface area (Å²) in [4.78, 5) is 21.6. The lowest BCUT2D eigenvalue weighted by Crippen LogP contribution is -2.23. The number of halogens is 2. The number of carbonyl (C=O) groups is 1. The molecule has 3 heterocycles. The summed E-state index contributed by atoms with van der Waals surface area (Å²) in [6.07, 6.45) is 2.97. The van der Waals surface area contributed by atoms with Gasteiger partial charge in [0.2, 0.25) is 5.95 Å². The van der Waals surface area contributed by atoms with Gasteiger partial charge in [0, 0.05) is 30.6 Å². The smallest absolute Gasteiger partial charge is 0.256 e. The van der Waals surface area contributed by atoms with Gasteiger partial charge in [0.05, 0.1) is 17.8 Å². The van der Waals surface area contributed by atoms with Crippen LogP contribution in [0.3, 0.4) is 0 Å². The molecule has 4 nitrogen and oxygen atoms in total. The maximum atomic E-state index is 14.5. The van der Waals surface area contributed by atoms with E-state index in [-0.39, 0.29) is 12.5 Å². The van der Waals surface area contributed by atoms with Crippen LogP contribution in [0.4, 0.5) is 8.78 Å². The first kappa shape index (κ1) is 15.4. The van der Waals surface area contributed by atoms with Crippen molar-refractivity contribution in [2.45, 2.75) is 13.1 Å². The highest BCUT2D eigenvalue weighted by molar-refractivity contribution is 5.97. The molecule has 0 spiro atoms. The fraction of sp³-hybridized carbons (Fsp3) is 0.105. The minimum atomic E-state index is -0.616. The molecule has 0 fully saturated rings. The Morgan fingerprint density at radius 1 is 1.00 bits per heavy atom. The third-order valence-corrected chi connectivity index (χ3v) is 4.22. The number of fused-ring (bicyclic) bond motifs is 1. The van der Waals surface area contributed by atoms with E-state index >= 15 is 0 Å². The molecule has 1 amide bonds. The number of benzene rings is 1. The van der Waals surface area contributed by atoms with E-state index in [0.717, 1.165) is 0 Å². The Morgan fingerprint density at radius 2 is 1.84 bits per heavy atom. The topological polar surface area (TPSA) is 46.1 Å². The van der Waals surface area contributed by atoms with Gasteiger partial charge in [-0.3, -0.25) is 9.78 Å². The first-order valence-electron chi connectivity index (χ1n) is 7.75. The zero-order valence-electron chi connectivity index (χ0n) is 13.1. The van der Waals surface area contributed by atoms with Crippen molar-refractivity contribution in [1.29, 1.82) is 0 Å². The predicted octanol–water partition coefficient (Wildman–Crippen LogP) is 3.58. The molecule has 0 radical (unpaired) electrons. The minimum absolute atomic E-state index is 0.150. The molecule has 3 aromatic rings. The first-order chi connectivity index (χ1) is 12.1. The van der Waals surface area contributed by atoms with Gasteiger partial charge in [-0.2, -0.15) is 4.39 Å². The SMILES string of the molecule is O=C1c2cccnc2CN1Cc1ccc(-c2ccnc(F)c2)cc1F. The molecule has 0 N–H and O–H groups in total. The van der Waals surface area contributed by atoms with E-state index in [9.17, 15) is 13.6 Å². The van der Waals surface area contributed by atoms with Crippen molar-refractivity contribution in [1.82, 2.24) is 14.9 Å². The first-order valence-corrected chi connectivity index (χ1v) is 7.75. The quantitative estimate of drug-likeness (QED) is 0.686. The van der Waals surface area contributed by atoms with E-state index in [4.69, 9.17) is 0 Å². The molecule has 1 aliphatic rings. The molecule has 0 bridgehead atoms. The van der Waals surface area contributed by atoms with Crippen LogP contribution in [0.25, 0.3) is 11.1 Å². The van der Waals surface area contributed by atoms with E-state index in [2.05, 4.69) is 9.97 Å². The van der Waals surface area contributed by atoms with Gasteiger partial charge in [0.1, 0.15) is 5.82 Å². The van der Waals surface area contributed by atoms with Crippen LogP contribution in [0.15, 0.2) is 54.9 Å². The normalized spacial score (nSPS) is 13.2. The number of carbonyl (C=O) groups excluding carboxylic acids is 1. The van der Waals surface area contributed by atoms with Crippen LogP contribution in [-0.2, 0) is 13.1 Å². The van der Waals surface area contributed by atoms with Gasteiger partial charge >= 0.3 is 0 Å². The highest BCUT2D eigenvalue weighted by atomic mass is 19.1. The number of nitrogens with zero attached hydrogens (tertiary/aromatic N) is 3. The average Bonchev–Trinajstić information content (AvgIpc) is 2.93. The summed E-state index contributed by atoms with van der Waals surface area (Å²) in [6, 6.07) is 11.0. The second-order valence-corrected chi connectivity index (χ2v) is 5.83. The minimum Gasteiger partial charge on any atom is -0.328 e. The van der Waals surface area contributed by atoms with E-state index in [0.29, 0.717) is 34.5 Å². The van der Waals surface area contributed by atoms with Crippen LogP contribution in [-0.4, -0.2) is 20.8 Å². The van der Waals surface area contributed by atoms with Crippen molar-refractivity contribution in [3.8, 4) is 11.1 Å². The molecular formula is C19H13F2N3O. The lowest BCUT2D eigenvalue weighted by Gasteiger charge is -2.16. The Bertz CT molecular complexity index is 974. The van der Waals surface area contributed by atoms with Gasteiger partial charge in [0.15, 0.2) is 0 Å².